The van der Waals surface area contributed by atoms with Gasteiger partial charge in [-0.15, -0.1) is 0 Å². The summed E-state index contributed by atoms with van der Waals surface area (Å²) in [7, 11) is 0. The molecule has 0 saturated carbocycles. The van der Waals surface area contributed by atoms with Crippen molar-refractivity contribution in [2.24, 2.45) is 0 Å². The largest absolute Gasteiger partial charge is 0.357 e. The number of fused-ring (bicyclic) bond motifs is 1. The quantitative estimate of drug-likeness (QED) is 0.645. The second-order valence-corrected chi connectivity index (χ2v) is 8.04. The fraction of sp³-hybridized carbons (Fsp3) is 0.524. The molecule has 26 heavy (non-hydrogen) atoms. The Morgan fingerprint density at radius 2 is 1.81 bits per heavy atom. The van der Waals surface area contributed by atoms with Crippen molar-refractivity contribution in [1.29, 1.82) is 0 Å². The van der Waals surface area contributed by atoms with E-state index < -0.39 is 0 Å². The lowest BCUT2D eigenvalue weighted by Gasteiger charge is -2.35. The third-order valence-electron chi connectivity index (χ3n) is 5.04. The highest BCUT2D eigenvalue weighted by Crippen LogP contribution is 2.40. The van der Waals surface area contributed by atoms with E-state index in [0.717, 1.165) is 60.8 Å². The average Bonchev–Trinajstić information content (AvgIpc) is 2.58. The minimum Gasteiger partial charge on any atom is -0.357 e. The van der Waals surface area contributed by atoms with Gasteiger partial charge in [-0.1, -0.05) is 22.9 Å². The van der Waals surface area contributed by atoms with E-state index in [0.29, 0.717) is 0 Å². The SMILES string of the molecule is CCCN(CC)c1nc(C)nc2c1CCCN2c1c(C)cc(Br)cc1C. The summed E-state index contributed by atoms with van der Waals surface area (Å²) >= 11 is 3.62. The number of halogens is 1. The minimum atomic E-state index is 0.854. The maximum Gasteiger partial charge on any atom is 0.142 e. The first kappa shape index (κ1) is 19.2. The van der Waals surface area contributed by atoms with Crippen LogP contribution in [0.15, 0.2) is 16.6 Å². The van der Waals surface area contributed by atoms with Gasteiger partial charge in [0.2, 0.25) is 0 Å². The fourth-order valence-electron chi connectivity index (χ4n) is 4.02. The number of hydrogen-bond donors (Lipinski definition) is 0. The van der Waals surface area contributed by atoms with Crippen LogP contribution in [0.1, 0.15) is 49.2 Å². The molecule has 1 aromatic carbocycles. The fourth-order valence-corrected chi connectivity index (χ4v) is 4.71. The maximum atomic E-state index is 4.89. The van der Waals surface area contributed by atoms with E-state index in [-0.39, 0.29) is 0 Å². The monoisotopic (exact) mass is 416 g/mol. The molecule has 1 aromatic heterocycles. The summed E-state index contributed by atoms with van der Waals surface area (Å²) in [6.45, 7) is 13.8. The molecule has 1 aliphatic rings. The normalized spacial score (nSPS) is 13.7. The van der Waals surface area contributed by atoms with Crippen molar-refractivity contribution in [3.05, 3.63) is 39.1 Å². The van der Waals surface area contributed by atoms with Crippen molar-refractivity contribution in [3.8, 4) is 0 Å². The molecular weight excluding hydrogens is 388 g/mol. The van der Waals surface area contributed by atoms with Gasteiger partial charge in [-0.3, -0.25) is 0 Å². The number of aromatic nitrogens is 2. The lowest BCUT2D eigenvalue weighted by atomic mass is 10.0. The Labute approximate surface area is 165 Å². The highest BCUT2D eigenvalue weighted by molar-refractivity contribution is 9.10. The van der Waals surface area contributed by atoms with E-state index in [1.54, 1.807) is 0 Å². The van der Waals surface area contributed by atoms with Crippen molar-refractivity contribution >= 4 is 33.3 Å². The van der Waals surface area contributed by atoms with E-state index in [1.165, 1.54) is 22.4 Å². The van der Waals surface area contributed by atoms with Gasteiger partial charge in [0.25, 0.3) is 0 Å². The molecule has 0 fully saturated rings. The number of rotatable bonds is 5. The van der Waals surface area contributed by atoms with Gasteiger partial charge in [0.1, 0.15) is 17.5 Å². The van der Waals surface area contributed by atoms with E-state index in [9.17, 15) is 0 Å². The van der Waals surface area contributed by atoms with Crippen LogP contribution in [0.25, 0.3) is 0 Å². The lowest BCUT2D eigenvalue weighted by molar-refractivity contribution is 0.713. The van der Waals surface area contributed by atoms with Crippen LogP contribution in [-0.2, 0) is 6.42 Å². The zero-order chi connectivity index (χ0) is 18.8. The minimum absolute atomic E-state index is 0.854. The molecule has 0 radical (unpaired) electrons. The molecule has 1 aliphatic heterocycles. The Balaban J connectivity index is 2.15. The van der Waals surface area contributed by atoms with Crippen LogP contribution < -0.4 is 9.80 Å². The predicted molar refractivity (Wildman–Crippen MR) is 114 cm³/mol. The summed E-state index contributed by atoms with van der Waals surface area (Å²) in [6.07, 6.45) is 3.31. The van der Waals surface area contributed by atoms with E-state index >= 15 is 0 Å². The highest BCUT2D eigenvalue weighted by Gasteiger charge is 2.27. The van der Waals surface area contributed by atoms with Gasteiger partial charge in [0.05, 0.1) is 0 Å². The van der Waals surface area contributed by atoms with Crippen LogP contribution in [0.5, 0.6) is 0 Å². The summed E-state index contributed by atoms with van der Waals surface area (Å²) in [5.74, 6) is 3.09. The molecule has 0 amide bonds. The van der Waals surface area contributed by atoms with Gasteiger partial charge in [-0.05, 0) is 70.2 Å². The Hall–Kier alpha value is -1.62. The molecule has 0 bridgehead atoms. The molecule has 140 valence electrons. The van der Waals surface area contributed by atoms with Gasteiger partial charge in [-0.25, -0.2) is 9.97 Å². The number of aryl methyl sites for hydroxylation is 3. The van der Waals surface area contributed by atoms with Gasteiger partial charge in [0, 0.05) is 35.4 Å². The van der Waals surface area contributed by atoms with E-state index in [1.807, 2.05) is 6.92 Å². The van der Waals surface area contributed by atoms with Crippen LogP contribution in [0, 0.1) is 20.8 Å². The Kier molecular flexibility index (Phi) is 5.86. The molecule has 2 heterocycles. The number of nitrogens with zero attached hydrogens (tertiary/aromatic N) is 4. The molecule has 0 aliphatic carbocycles. The first-order chi connectivity index (χ1) is 12.5. The van der Waals surface area contributed by atoms with Crippen molar-refractivity contribution in [1.82, 2.24) is 9.97 Å². The second-order valence-electron chi connectivity index (χ2n) is 7.12. The molecule has 0 saturated heterocycles. The summed E-state index contributed by atoms with van der Waals surface area (Å²) in [5.41, 5.74) is 5.16. The molecule has 0 spiro atoms. The first-order valence-corrected chi connectivity index (χ1v) is 10.4. The first-order valence-electron chi connectivity index (χ1n) is 9.63. The number of anilines is 3. The second kappa shape index (κ2) is 7.95. The van der Waals surface area contributed by atoms with Crippen LogP contribution in [-0.4, -0.2) is 29.6 Å². The van der Waals surface area contributed by atoms with Crippen LogP contribution in [0.2, 0.25) is 0 Å². The molecule has 0 atom stereocenters. The third kappa shape index (κ3) is 3.59. The highest BCUT2D eigenvalue weighted by atomic mass is 79.9. The maximum absolute atomic E-state index is 4.89. The third-order valence-corrected chi connectivity index (χ3v) is 5.50. The van der Waals surface area contributed by atoms with Crippen molar-refractivity contribution in [3.63, 3.8) is 0 Å². The number of benzene rings is 1. The summed E-state index contributed by atoms with van der Waals surface area (Å²) in [4.78, 5) is 14.5. The molecule has 0 N–H and O–H groups in total. The molecular formula is C21H29BrN4. The number of hydrogen-bond acceptors (Lipinski definition) is 4. The van der Waals surface area contributed by atoms with Gasteiger partial charge < -0.3 is 9.80 Å². The Morgan fingerprint density at radius 1 is 1.12 bits per heavy atom. The topological polar surface area (TPSA) is 32.3 Å². The Bertz CT molecular complexity index is 780. The molecule has 2 aromatic rings. The summed E-state index contributed by atoms with van der Waals surface area (Å²) in [5, 5.41) is 0. The van der Waals surface area contributed by atoms with Gasteiger partial charge >= 0.3 is 0 Å². The van der Waals surface area contributed by atoms with E-state index in [4.69, 9.17) is 9.97 Å². The molecule has 4 nitrogen and oxygen atoms in total. The molecule has 0 unspecified atom stereocenters. The van der Waals surface area contributed by atoms with Crippen molar-refractivity contribution in [2.45, 2.75) is 53.9 Å². The van der Waals surface area contributed by atoms with E-state index in [2.05, 4.69) is 65.6 Å². The Morgan fingerprint density at radius 3 is 2.42 bits per heavy atom. The van der Waals surface area contributed by atoms with Crippen molar-refractivity contribution in [2.75, 3.05) is 29.4 Å². The standard InChI is InChI=1S/C21H29BrN4/c1-6-10-25(7-2)20-18-9-8-11-26(21(18)24-16(5)23-20)19-14(3)12-17(22)13-15(19)4/h12-13H,6-11H2,1-5H3. The molecule has 3 rings (SSSR count). The smallest absolute Gasteiger partial charge is 0.142 e. The lowest BCUT2D eigenvalue weighted by Crippen LogP contribution is -2.32. The van der Waals surface area contributed by atoms with Crippen LogP contribution in [0.3, 0.4) is 0 Å². The van der Waals surface area contributed by atoms with Crippen molar-refractivity contribution < 1.29 is 0 Å². The molecule has 5 heteroatoms. The summed E-state index contributed by atoms with van der Waals surface area (Å²) in [6, 6.07) is 4.39. The van der Waals surface area contributed by atoms with Crippen LogP contribution in [0.4, 0.5) is 17.3 Å². The summed E-state index contributed by atoms with van der Waals surface area (Å²) < 4.78 is 1.13. The zero-order valence-corrected chi connectivity index (χ0v) is 18.2. The van der Waals surface area contributed by atoms with Crippen LogP contribution >= 0.6 is 15.9 Å². The van der Waals surface area contributed by atoms with Gasteiger partial charge in [0.15, 0.2) is 0 Å². The zero-order valence-electron chi connectivity index (χ0n) is 16.6. The van der Waals surface area contributed by atoms with Gasteiger partial charge in [-0.2, -0.15) is 0 Å². The average molecular weight is 417 g/mol. The predicted octanol–water partition coefficient (Wildman–Crippen LogP) is 5.48.